The molecule has 0 spiro atoms. The summed E-state index contributed by atoms with van der Waals surface area (Å²) in [6, 6.07) is 8.32. The normalized spacial score (nSPS) is 14.1. The maximum atomic E-state index is 6.41. The Morgan fingerprint density at radius 1 is 1.22 bits per heavy atom. The maximum absolute atomic E-state index is 6.41. The van der Waals surface area contributed by atoms with Gasteiger partial charge in [-0.15, -0.1) is 6.58 Å². The van der Waals surface area contributed by atoms with E-state index in [2.05, 4.69) is 65.6 Å². The highest BCUT2D eigenvalue weighted by molar-refractivity contribution is 6.74. The van der Waals surface area contributed by atoms with Gasteiger partial charge in [0.25, 0.3) is 0 Å². The van der Waals surface area contributed by atoms with Crippen molar-refractivity contribution in [3.8, 4) is 5.75 Å². The molecule has 1 aromatic carbocycles. The van der Waals surface area contributed by atoms with Crippen LogP contribution in [-0.4, -0.2) is 8.32 Å². The largest absolute Gasteiger partial charge is 0.543 e. The molecule has 0 amide bonds. The Balaban J connectivity index is 3.09. The first-order chi connectivity index (χ1) is 8.19. The van der Waals surface area contributed by atoms with Crippen molar-refractivity contribution in [2.45, 2.75) is 51.7 Å². The van der Waals surface area contributed by atoms with E-state index in [1.807, 2.05) is 12.1 Å². The van der Waals surface area contributed by atoms with Gasteiger partial charge < -0.3 is 4.43 Å². The van der Waals surface area contributed by atoms with E-state index in [4.69, 9.17) is 4.43 Å². The van der Waals surface area contributed by atoms with Crippen LogP contribution in [0.4, 0.5) is 0 Å². The number of rotatable bonds is 4. The molecule has 1 nitrogen and oxygen atoms in total. The van der Waals surface area contributed by atoms with Gasteiger partial charge in [0.1, 0.15) is 5.75 Å². The zero-order valence-corrected chi connectivity index (χ0v) is 13.6. The molecule has 0 aromatic heterocycles. The van der Waals surface area contributed by atoms with Gasteiger partial charge in [-0.05, 0) is 29.8 Å². The standard InChI is InChI=1S/C16H26OSi/c1-8-13(2)14-11-9-10-12-15(14)17-18(6,7)16(3,4)5/h8-13H,1H2,2-7H3/t13-/m0/s1. The Morgan fingerprint density at radius 2 is 1.78 bits per heavy atom. The van der Waals surface area contributed by atoms with Crippen molar-refractivity contribution in [2.75, 3.05) is 0 Å². The summed E-state index contributed by atoms with van der Waals surface area (Å²) in [5.74, 6) is 1.35. The van der Waals surface area contributed by atoms with Crippen LogP contribution >= 0.6 is 0 Å². The third-order valence-electron chi connectivity index (χ3n) is 3.93. The van der Waals surface area contributed by atoms with Crippen LogP contribution < -0.4 is 4.43 Å². The molecule has 0 radical (unpaired) electrons. The Morgan fingerprint density at radius 3 is 2.28 bits per heavy atom. The molecule has 1 rings (SSSR count). The van der Waals surface area contributed by atoms with E-state index >= 15 is 0 Å². The van der Waals surface area contributed by atoms with E-state index in [1.54, 1.807) is 0 Å². The van der Waals surface area contributed by atoms with Gasteiger partial charge in [-0.1, -0.05) is 52.0 Å². The minimum absolute atomic E-state index is 0.220. The zero-order valence-electron chi connectivity index (χ0n) is 12.6. The lowest BCUT2D eigenvalue weighted by Crippen LogP contribution is -2.44. The molecule has 0 aliphatic heterocycles. The summed E-state index contributed by atoms with van der Waals surface area (Å²) in [4.78, 5) is 0. The van der Waals surface area contributed by atoms with Crippen LogP contribution in [0.3, 0.4) is 0 Å². The number of allylic oxidation sites excluding steroid dienone is 1. The van der Waals surface area contributed by atoms with Gasteiger partial charge in [-0.2, -0.15) is 0 Å². The molecule has 0 heterocycles. The minimum atomic E-state index is -1.77. The molecular weight excluding hydrogens is 236 g/mol. The summed E-state index contributed by atoms with van der Waals surface area (Å²) in [5.41, 5.74) is 1.23. The fraction of sp³-hybridized carbons (Fsp3) is 0.500. The van der Waals surface area contributed by atoms with Crippen LogP contribution in [0, 0.1) is 0 Å². The third kappa shape index (κ3) is 3.26. The molecule has 18 heavy (non-hydrogen) atoms. The molecule has 1 atom stereocenters. The molecule has 0 aliphatic rings. The smallest absolute Gasteiger partial charge is 0.250 e. The average molecular weight is 262 g/mol. The second-order valence-electron chi connectivity index (χ2n) is 6.42. The lowest BCUT2D eigenvalue weighted by atomic mass is 10.0. The SMILES string of the molecule is C=C[C@H](C)c1ccccc1O[Si](C)(C)C(C)(C)C. The summed E-state index contributed by atoms with van der Waals surface area (Å²) < 4.78 is 6.41. The van der Waals surface area contributed by atoms with Crippen LogP contribution in [0.15, 0.2) is 36.9 Å². The van der Waals surface area contributed by atoms with E-state index in [-0.39, 0.29) is 5.04 Å². The topological polar surface area (TPSA) is 9.23 Å². The van der Waals surface area contributed by atoms with E-state index in [0.29, 0.717) is 5.92 Å². The van der Waals surface area contributed by atoms with Crippen LogP contribution in [0.1, 0.15) is 39.2 Å². The highest BCUT2D eigenvalue weighted by Crippen LogP contribution is 2.39. The van der Waals surface area contributed by atoms with Crippen LogP contribution in [0.5, 0.6) is 5.75 Å². The van der Waals surface area contributed by atoms with E-state index in [9.17, 15) is 0 Å². The predicted octanol–water partition coefficient (Wildman–Crippen LogP) is 5.36. The first-order valence-corrected chi connectivity index (χ1v) is 9.50. The quantitative estimate of drug-likeness (QED) is 0.524. The molecule has 1 aromatic rings. The van der Waals surface area contributed by atoms with Crippen LogP contribution in [0.2, 0.25) is 18.1 Å². The zero-order chi connectivity index (χ0) is 14.0. The molecule has 0 aliphatic carbocycles. The van der Waals surface area contributed by atoms with Gasteiger partial charge in [0, 0.05) is 5.92 Å². The Kier molecular flexibility index (Phi) is 4.44. The third-order valence-corrected chi connectivity index (χ3v) is 8.28. The van der Waals surface area contributed by atoms with Crippen LogP contribution in [0.25, 0.3) is 0 Å². The van der Waals surface area contributed by atoms with Crippen molar-refractivity contribution in [3.05, 3.63) is 42.5 Å². The molecule has 0 fully saturated rings. The molecule has 2 heteroatoms. The van der Waals surface area contributed by atoms with Gasteiger partial charge in [-0.3, -0.25) is 0 Å². The predicted molar refractivity (Wildman–Crippen MR) is 82.9 cm³/mol. The number of para-hydroxylation sites is 1. The van der Waals surface area contributed by atoms with Crippen LogP contribution in [-0.2, 0) is 0 Å². The first kappa shape index (κ1) is 15.0. The van der Waals surface area contributed by atoms with E-state index in [1.165, 1.54) is 5.56 Å². The molecule has 0 saturated carbocycles. The molecule has 0 saturated heterocycles. The lowest BCUT2D eigenvalue weighted by Gasteiger charge is -2.37. The van der Waals surface area contributed by atoms with Gasteiger partial charge >= 0.3 is 0 Å². The summed E-state index contributed by atoms with van der Waals surface area (Å²) in [6.45, 7) is 17.4. The highest BCUT2D eigenvalue weighted by Gasteiger charge is 2.39. The summed E-state index contributed by atoms with van der Waals surface area (Å²) in [6.07, 6.45) is 1.97. The average Bonchev–Trinajstić information content (AvgIpc) is 2.26. The molecule has 0 bridgehead atoms. The highest BCUT2D eigenvalue weighted by atomic mass is 28.4. The number of hydrogen-bond acceptors (Lipinski definition) is 1. The second-order valence-corrected chi connectivity index (χ2v) is 11.1. The Hall–Kier alpha value is -1.02. The van der Waals surface area contributed by atoms with Crippen molar-refractivity contribution in [1.82, 2.24) is 0 Å². The molecule has 0 unspecified atom stereocenters. The maximum Gasteiger partial charge on any atom is 0.250 e. The lowest BCUT2D eigenvalue weighted by molar-refractivity contribution is 0.486. The number of benzene rings is 1. The van der Waals surface area contributed by atoms with Gasteiger partial charge in [0.15, 0.2) is 0 Å². The van der Waals surface area contributed by atoms with Gasteiger partial charge in [0.2, 0.25) is 8.32 Å². The molecule has 100 valence electrons. The molecular formula is C16H26OSi. The van der Waals surface area contributed by atoms with Crippen molar-refractivity contribution in [1.29, 1.82) is 0 Å². The minimum Gasteiger partial charge on any atom is -0.543 e. The second kappa shape index (κ2) is 5.31. The van der Waals surface area contributed by atoms with Crippen molar-refractivity contribution in [2.24, 2.45) is 0 Å². The number of hydrogen-bond donors (Lipinski definition) is 0. The Labute approximate surface area is 113 Å². The molecule has 0 N–H and O–H groups in total. The Bertz CT molecular complexity index is 415. The van der Waals surface area contributed by atoms with E-state index < -0.39 is 8.32 Å². The van der Waals surface area contributed by atoms with Gasteiger partial charge in [0.05, 0.1) is 0 Å². The van der Waals surface area contributed by atoms with Crippen molar-refractivity contribution < 1.29 is 4.43 Å². The fourth-order valence-electron chi connectivity index (χ4n) is 1.50. The fourth-order valence-corrected chi connectivity index (χ4v) is 2.55. The van der Waals surface area contributed by atoms with Crippen molar-refractivity contribution >= 4 is 8.32 Å². The van der Waals surface area contributed by atoms with Crippen molar-refractivity contribution in [3.63, 3.8) is 0 Å². The van der Waals surface area contributed by atoms with E-state index in [0.717, 1.165) is 5.75 Å². The first-order valence-electron chi connectivity index (χ1n) is 6.59. The summed E-state index contributed by atoms with van der Waals surface area (Å²) in [7, 11) is -1.77. The monoisotopic (exact) mass is 262 g/mol. The van der Waals surface area contributed by atoms with Gasteiger partial charge in [-0.25, -0.2) is 0 Å². The summed E-state index contributed by atoms with van der Waals surface area (Å²) >= 11 is 0. The summed E-state index contributed by atoms with van der Waals surface area (Å²) in [5, 5.41) is 0.220.